The topological polar surface area (TPSA) is 52.2 Å². The standard InChI is InChI=1S/C24H20N4OS/c1-16-7-5-9-19(13-16)28-21-11-4-3-10-20(21)26-24(28)30-15-18-14-23(29)27-17(2)8-6-12-22(27)25-18/h3-14H,15H2,1-2H3. The molecule has 0 unspecified atom stereocenters. The van der Waals surface area contributed by atoms with E-state index in [2.05, 4.69) is 46.8 Å². The zero-order valence-electron chi connectivity index (χ0n) is 16.7. The minimum absolute atomic E-state index is 0.0547. The molecule has 30 heavy (non-hydrogen) atoms. The summed E-state index contributed by atoms with van der Waals surface area (Å²) in [6, 6.07) is 23.8. The van der Waals surface area contributed by atoms with Gasteiger partial charge < -0.3 is 0 Å². The number of nitrogens with zero attached hydrogens (tertiary/aromatic N) is 4. The molecule has 0 spiro atoms. The molecule has 3 aromatic heterocycles. The lowest BCUT2D eigenvalue weighted by Gasteiger charge is -2.10. The minimum atomic E-state index is -0.0547. The molecule has 5 rings (SSSR count). The second-order valence-electron chi connectivity index (χ2n) is 7.29. The van der Waals surface area contributed by atoms with E-state index in [0.717, 1.165) is 33.3 Å². The predicted octanol–water partition coefficient (Wildman–Crippen LogP) is 4.94. The maximum atomic E-state index is 12.6. The van der Waals surface area contributed by atoms with Gasteiger partial charge in [-0.2, -0.15) is 0 Å². The van der Waals surface area contributed by atoms with Crippen molar-refractivity contribution in [2.75, 3.05) is 0 Å². The van der Waals surface area contributed by atoms with Crippen LogP contribution >= 0.6 is 11.8 Å². The van der Waals surface area contributed by atoms with Gasteiger partial charge in [-0.05, 0) is 55.8 Å². The highest BCUT2D eigenvalue weighted by molar-refractivity contribution is 7.98. The van der Waals surface area contributed by atoms with Crippen LogP contribution in [-0.2, 0) is 5.75 Å². The first kappa shape index (κ1) is 18.6. The highest BCUT2D eigenvalue weighted by atomic mass is 32.2. The second-order valence-corrected chi connectivity index (χ2v) is 8.24. The Morgan fingerprint density at radius 2 is 1.73 bits per heavy atom. The maximum Gasteiger partial charge on any atom is 0.258 e. The van der Waals surface area contributed by atoms with Gasteiger partial charge in [-0.3, -0.25) is 13.8 Å². The summed E-state index contributed by atoms with van der Waals surface area (Å²) in [4.78, 5) is 22.1. The van der Waals surface area contributed by atoms with E-state index >= 15 is 0 Å². The van der Waals surface area contributed by atoms with Crippen LogP contribution in [0, 0.1) is 13.8 Å². The summed E-state index contributed by atoms with van der Waals surface area (Å²) in [6.07, 6.45) is 0. The second kappa shape index (κ2) is 7.46. The van der Waals surface area contributed by atoms with E-state index in [1.165, 1.54) is 5.56 Å². The molecule has 2 aromatic carbocycles. The third kappa shape index (κ3) is 3.29. The van der Waals surface area contributed by atoms with E-state index in [9.17, 15) is 4.79 Å². The summed E-state index contributed by atoms with van der Waals surface area (Å²) < 4.78 is 3.81. The Hall–Kier alpha value is -3.38. The quantitative estimate of drug-likeness (QED) is 0.392. The van der Waals surface area contributed by atoms with Crippen molar-refractivity contribution in [2.45, 2.75) is 24.8 Å². The molecule has 0 radical (unpaired) electrons. The molecule has 0 aliphatic rings. The van der Waals surface area contributed by atoms with Crippen LogP contribution in [-0.4, -0.2) is 18.9 Å². The van der Waals surface area contributed by atoms with Crippen LogP contribution in [0.2, 0.25) is 0 Å². The first-order chi connectivity index (χ1) is 14.6. The molecule has 5 nitrogen and oxygen atoms in total. The lowest BCUT2D eigenvalue weighted by Crippen LogP contribution is -2.17. The molecular formula is C24H20N4OS. The van der Waals surface area contributed by atoms with Crippen LogP contribution in [0.5, 0.6) is 0 Å². The van der Waals surface area contributed by atoms with Crippen LogP contribution in [0.1, 0.15) is 17.0 Å². The molecule has 148 valence electrons. The van der Waals surface area contributed by atoms with Crippen molar-refractivity contribution in [2.24, 2.45) is 0 Å². The molecule has 3 heterocycles. The van der Waals surface area contributed by atoms with Crippen molar-refractivity contribution in [3.05, 3.63) is 100 Å². The molecule has 0 N–H and O–H groups in total. The number of rotatable bonds is 4. The Bertz CT molecular complexity index is 1450. The monoisotopic (exact) mass is 412 g/mol. The van der Waals surface area contributed by atoms with Gasteiger partial charge in [-0.25, -0.2) is 9.97 Å². The molecule has 0 amide bonds. The van der Waals surface area contributed by atoms with Gasteiger partial charge in [0.05, 0.1) is 16.7 Å². The smallest absolute Gasteiger partial charge is 0.258 e. The van der Waals surface area contributed by atoms with Gasteiger partial charge in [0.25, 0.3) is 5.56 Å². The van der Waals surface area contributed by atoms with E-state index < -0.39 is 0 Å². The number of imidazole rings is 1. The van der Waals surface area contributed by atoms with Crippen LogP contribution in [0.15, 0.2) is 82.7 Å². The van der Waals surface area contributed by atoms with Crippen molar-refractivity contribution in [3.63, 3.8) is 0 Å². The van der Waals surface area contributed by atoms with Crippen LogP contribution < -0.4 is 5.56 Å². The van der Waals surface area contributed by atoms with Gasteiger partial charge in [0, 0.05) is 23.2 Å². The number of hydrogen-bond donors (Lipinski definition) is 0. The van der Waals surface area contributed by atoms with E-state index in [4.69, 9.17) is 4.98 Å². The van der Waals surface area contributed by atoms with Crippen LogP contribution in [0.3, 0.4) is 0 Å². The summed E-state index contributed by atoms with van der Waals surface area (Å²) in [5.74, 6) is 0.564. The van der Waals surface area contributed by atoms with E-state index in [1.807, 2.05) is 43.3 Å². The first-order valence-corrected chi connectivity index (χ1v) is 10.7. The summed E-state index contributed by atoms with van der Waals surface area (Å²) >= 11 is 1.59. The van der Waals surface area contributed by atoms with Gasteiger partial charge in [0.15, 0.2) is 5.16 Å². The van der Waals surface area contributed by atoms with Crippen LogP contribution in [0.4, 0.5) is 0 Å². The summed E-state index contributed by atoms with van der Waals surface area (Å²) in [6.45, 7) is 4.00. The van der Waals surface area contributed by atoms with Gasteiger partial charge in [0.2, 0.25) is 0 Å². The summed E-state index contributed by atoms with van der Waals surface area (Å²) in [5, 5.41) is 0.882. The molecule has 5 aromatic rings. The molecule has 0 bridgehead atoms. The molecule has 0 fully saturated rings. The molecule has 0 aliphatic carbocycles. The van der Waals surface area contributed by atoms with Gasteiger partial charge >= 0.3 is 0 Å². The number of hydrogen-bond acceptors (Lipinski definition) is 4. The Labute approximate surface area is 178 Å². The highest BCUT2D eigenvalue weighted by Crippen LogP contribution is 2.30. The van der Waals surface area contributed by atoms with Crippen LogP contribution in [0.25, 0.3) is 22.4 Å². The average Bonchev–Trinajstić information content (AvgIpc) is 3.10. The lowest BCUT2D eigenvalue weighted by atomic mass is 10.2. The Morgan fingerprint density at radius 1 is 0.900 bits per heavy atom. The molecular weight excluding hydrogens is 392 g/mol. The Balaban J connectivity index is 1.56. The van der Waals surface area contributed by atoms with Crippen molar-refractivity contribution in [1.82, 2.24) is 18.9 Å². The number of benzene rings is 2. The molecule has 0 saturated carbocycles. The van der Waals surface area contributed by atoms with Gasteiger partial charge in [-0.15, -0.1) is 0 Å². The van der Waals surface area contributed by atoms with Crippen molar-refractivity contribution < 1.29 is 0 Å². The zero-order chi connectivity index (χ0) is 20.7. The number of para-hydroxylation sites is 2. The Morgan fingerprint density at radius 3 is 2.60 bits per heavy atom. The van der Waals surface area contributed by atoms with E-state index in [-0.39, 0.29) is 5.56 Å². The minimum Gasteiger partial charge on any atom is -0.287 e. The SMILES string of the molecule is Cc1cccc(-n2c(SCc3cc(=O)n4c(C)cccc4n3)nc3ccccc32)c1. The van der Waals surface area contributed by atoms with Crippen molar-refractivity contribution in [3.8, 4) is 5.69 Å². The number of aryl methyl sites for hydroxylation is 2. The molecule has 6 heteroatoms. The maximum absolute atomic E-state index is 12.6. The number of aromatic nitrogens is 4. The van der Waals surface area contributed by atoms with Gasteiger partial charge in [0.1, 0.15) is 5.65 Å². The van der Waals surface area contributed by atoms with Gasteiger partial charge in [-0.1, -0.05) is 42.1 Å². The fraction of sp³-hybridized carbons (Fsp3) is 0.125. The third-order valence-electron chi connectivity index (χ3n) is 5.07. The number of fused-ring (bicyclic) bond motifs is 2. The number of thioether (sulfide) groups is 1. The van der Waals surface area contributed by atoms with Crippen molar-refractivity contribution in [1.29, 1.82) is 0 Å². The fourth-order valence-corrected chi connectivity index (χ4v) is 4.61. The van der Waals surface area contributed by atoms with E-state index in [0.29, 0.717) is 11.4 Å². The highest BCUT2D eigenvalue weighted by Gasteiger charge is 2.14. The molecule has 0 saturated heterocycles. The molecule has 0 aliphatic heterocycles. The predicted molar refractivity (Wildman–Crippen MR) is 122 cm³/mol. The van der Waals surface area contributed by atoms with E-state index in [1.54, 1.807) is 22.2 Å². The first-order valence-electron chi connectivity index (χ1n) is 9.76. The summed E-state index contributed by atoms with van der Waals surface area (Å²) in [7, 11) is 0. The normalized spacial score (nSPS) is 11.4. The molecule has 0 atom stereocenters. The fourth-order valence-electron chi connectivity index (χ4n) is 3.69. The Kier molecular flexibility index (Phi) is 4.64. The third-order valence-corrected chi connectivity index (χ3v) is 6.04. The largest absolute Gasteiger partial charge is 0.287 e. The lowest BCUT2D eigenvalue weighted by molar-refractivity contribution is 0.914. The van der Waals surface area contributed by atoms with Crippen molar-refractivity contribution >= 4 is 28.4 Å². The average molecular weight is 413 g/mol. The number of pyridine rings is 1. The summed E-state index contributed by atoms with van der Waals surface area (Å²) in [5.41, 5.74) is 6.53. The zero-order valence-corrected chi connectivity index (χ0v) is 17.6.